The Balaban J connectivity index is 2.30. The van der Waals surface area contributed by atoms with E-state index in [0.29, 0.717) is 11.3 Å². The normalized spacial score (nSPS) is 10.5. The molecule has 0 saturated carbocycles. The van der Waals surface area contributed by atoms with Gasteiger partial charge in [-0.3, -0.25) is 4.79 Å². The topological polar surface area (TPSA) is 52.3 Å². The first kappa shape index (κ1) is 16.1. The van der Waals surface area contributed by atoms with E-state index in [1.54, 1.807) is 7.11 Å². The van der Waals surface area contributed by atoms with Gasteiger partial charge in [-0.1, -0.05) is 39.1 Å². The molecule has 0 aromatic heterocycles. The van der Waals surface area contributed by atoms with Crippen LogP contribution in [0.5, 0.6) is 5.75 Å². The third kappa shape index (κ3) is 3.70. The van der Waals surface area contributed by atoms with E-state index in [4.69, 9.17) is 33.7 Å². The van der Waals surface area contributed by atoms with Crippen LogP contribution in [0.3, 0.4) is 0 Å². The van der Waals surface area contributed by atoms with Crippen LogP contribution in [0.1, 0.15) is 15.9 Å². The molecule has 21 heavy (non-hydrogen) atoms. The molecule has 2 aromatic carbocycles. The molecule has 2 aromatic rings. The number of nitrogen functional groups attached to an aromatic ring is 1. The van der Waals surface area contributed by atoms with Crippen molar-refractivity contribution in [1.82, 2.24) is 0 Å². The minimum atomic E-state index is -0.104. The predicted molar refractivity (Wildman–Crippen MR) is 89.6 cm³/mol. The summed E-state index contributed by atoms with van der Waals surface area (Å²) in [4.78, 5) is 12.4. The molecule has 110 valence electrons. The molecule has 0 radical (unpaired) electrons. The van der Waals surface area contributed by atoms with Crippen LogP contribution in [0, 0.1) is 0 Å². The fourth-order valence-corrected chi connectivity index (χ4v) is 2.71. The molecule has 0 atom stereocenters. The highest BCUT2D eigenvalue weighted by molar-refractivity contribution is 9.10. The van der Waals surface area contributed by atoms with Crippen LogP contribution < -0.4 is 10.5 Å². The number of ether oxygens (including phenoxy) is 1. The molecule has 0 fully saturated rings. The minimum Gasteiger partial charge on any atom is -0.497 e. The van der Waals surface area contributed by atoms with Crippen molar-refractivity contribution in [3.8, 4) is 5.75 Å². The van der Waals surface area contributed by atoms with Gasteiger partial charge in [0.05, 0.1) is 22.8 Å². The minimum absolute atomic E-state index is 0.104. The van der Waals surface area contributed by atoms with E-state index < -0.39 is 0 Å². The summed E-state index contributed by atoms with van der Waals surface area (Å²) in [6.07, 6.45) is 0.203. The van der Waals surface area contributed by atoms with Crippen LogP contribution in [0.4, 0.5) is 5.69 Å². The van der Waals surface area contributed by atoms with Gasteiger partial charge in [-0.25, -0.2) is 0 Å². The summed E-state index contributed by atoms with van der Waals surface area (Å²) in [6.45, 7) is 0. The van der Waals surface area contributed by atoms with Gasteiger partial charge in [0, 0.05) is 16.5 Å². The van der Waals surface area contributed by atoms with Crippen molar-refractivity contribution in [3.63, 3.8) is 0 Å². The SMILES string of the molecule is COc1ccc(Br)c(CC(=O)c2cc(Cl)c(N)c(Cl)c2)c1. The van der Waals surface area contributed by atoms with Crippen LogP contribution in [0.25, 0.3) is 0 Å². The molecule has 0 unspecified atom stereocenters. The van der Waals surface area contributed by atoms with Gasteiger partial charge in [-0.2, -0.15) is 0 Å². The highest BCUT2D eigenvalue weighted by Gasteiger charge is 2.14. The lowest BCUT2D eigenvalue weighted by Gasteiger charge is -2.08. The Morgan fingerprint density at radius 3 is 2.43 bits per heavy atom. The second-order valence-electron chi connectivity index (χ2n) is 4.41. The van der Waals surface area contributed by atoms with Crippen molar-refractivity contribution in [2.45, 2.75) is 6.42 Å². The number of benzene rings is 2. The molecule has 2 N–H and O–H groups in total. The van der Waals surface area contributed by atoms with Crippen molar-refractivity contribution >= 4 is 50.6 Å². The Hall–Kier alpha value is -1.23. The molecule has 0 aliphatic heterocycles. The highest BCUT2D eigenvalue weighted by Crippen LogP contribution is 2.30. The number of carbonyl (C=O) groups excluding carboxylic acids is 1. The average Bonchev–Trinajstić information content (AvgIpc) is 2.46. The zero-order valence-corrected chi connectivity index (χ0v) is 14.2. The second-order valence-corrected chi connectivity index (χ2v) is 6.08. The monoisotopic (exact) mass is 387 g/mol. The number of carbonyl (C=O) groups is 1. The molecule has 0 aliphatic carbocycles. The molecule has 0 saturated heterocycles. The van der Waals surface area contributed by atoms with Gasteiger partial charge < -0.3 is 10.5 Å². The summed E-state index contributed by atoms with van der Waals surface area (Å²) in [5.74, 6) is 0.585. The van der Waals surface area contributed by atoms with Crippen molar-refractivity contribution in [2.24, 2.45) is 0 Å². The van der Waals surface area contributed by atoms with E-state index in [9.17, 15) is 4.79 Å². The Labute approximate surface area is 141 Å². The van der Waals surface area contributed by atoms with E-state index in [2.05, 4.69) is 15.9 Å². The Morgan fingerprint density at radius 2 is 1.86 bits per heavy atom. The summed E-state index contributed by atoms with van der Waals surface area (Å²) in [7, 11) is 1.58. The number of hydrogen-bond acceptors (Lipinski definition) is 3. The maximum Gasteiger partial charge on any atom is 0.167 e. The lowest BCUT2D eigenvalue weighted by atomic mass is 10.0. The van der Waals surface area contributed by atoms with E-state index in [-0.39, 0.29) is 27.9 Å². The fourth-order valence-electron chi connectivity index (χ4n) is 1.83. The number of rotatable bonds is 4. The summed E-state index contributed by atoms with van der Waals surface area (Å²) < 4.78 is 6.00. The van der Waals surface area contributed by atoms with Crippen LogP contribution in [0.15, 0.2) is 34.8 Å². The van der Waals surface area contributed by atoms with Crippen LogP contribution in [-0.2, 0) is 6.42 Å². The second kappa shape index (κ2) is 6.69. The number of nitrogens with two attached hydrogens (primary N) is 1. The lowest BCUT2D eigenvalue weighted by Crippen LogP contribution is -2.05. The van der Waals surface area contributed by atoms with Crippen LogP contribution >= 0.6 is 39.1 Å². The van der Waals surface area contributed by atoms with Crippen molar-refractivity contribution in [1.29, 1.82) is 0 Å². The summed E-state index contributed by atoms with van der Waals surface area (Å²) in [6, 6.07) is 8.51. The third-order valence-electron chi connectivity index (χ3n) is 3.00. The number of hydrogen-bond donors (Lipinski definition) is 1. The molecule has 6 heteroatoms. The molecule has 0 bridgehead atoms. The zero-order valence-electron chi connectivity index (χ0n) is 11.1. The molecule has 3 nitrogen and oxygen atoms in total. The van der Waals surface area contributed by atoms with E-state index in [1.807, 2.05) is 18.2 Å². The van der Waals surface area contributed by atoms with Gasteiger partial charge in [0.25, 0.3) is 0 Å². The maximum atomic E-state index is 12.4. The standard InChI is InChI=1S/C15H12BrCl2NO2/c1-21-10-2-3-11(16)8(4-10)7-14(20)9-5-12(17)15(19)13(18)6-9/h2-6H,7,19H2,1H3. The lowest BCUT2D eigenvalue weighted by molar-refractivity contribution is 0.0993. The van der Waals surface area contributed by atoms with Gasteiger partial charge in [0.2, 0.25) is 0 Å². The first-order chi connectivity index (χ1) is 9.92. The Kier molecular flexibility index (Phi) is 5.14. The largest absolute Gasteiger partial charge is 0.497 e. The first-order valence-corrected chi connectivity index (χ1v) is 7.57. The fraction of sp³-hybridized carbons (Fsp3) is 0.133. The van der Waals surface area contributed by atoms with Gasteiger partial charge in [-0.05, 0) is 35.9 Å². The molecular weight excluding hydrogens is 377 g/mol. The Morgan fingerprint density at radius 1 is 1.24 bits per heavy atom. The molecule has 0 amide bonds. The smallest absolute Gasteiger partial charge is 0.167 e. The van der Waals surface area contributed by atoms with Crippen LogP contribution in [0.2, 0.25) is 10.0 Å². The molecule has 0 heterocycles. The molecular formula is C15H12BrCl2NO2. The quantitative estimate of drug-likeness (QED) is 0.606. The summed E-state index contributed by atoms with van der Waals surface area (Å²) in [5, 5.41) is 0.547. The number of anilines is 1. The molecule has 2 rings (SSSR count). The highest BCUT2D eigenvalue weighted by atomic mass is 79.9. The average molecular weight is 389 g/mol. The van der Waals surface area contributed by atoms with Crippen molar-refractivity contribution < 1.29 is 9.53 Å². The Bertz CT molecular complexity index is 681. The van der Waals surface area contributed by atoms with E-state index in [1.165, 1.54) is 12.1 Å². The first-order valence-electron chi connectivity index (χ1n) is 6.02. The predicted octanol–water partition coefficient (Wildman–Crippen LogP) is 4.77. The third-order valence-corrected chi connectivity index (χ3v) is 4.40. The van der Waals surface area contributed by atoms with Crippen molar-refractivity contribution in [2.75, 3.05) is 12.8 Å². The number of Topliss-reactive ketones (excluding diaryl/α,β-unsaturated/α-hetero) is 1. The van der Waals surface area contributed by atoms with Crippen molar-refractivity contribution in [3.05, 3.63) is 56.0 Å². The molecule has 0 spiro atoms. The maximum absolute atomic E-state index is 12.4. The van der Waals surface area contributed by atoms with Crippen LogP contribution in [-0.4, -0.2) is 12.9 Å². The number of ketones is 1. The van der Waals surface area contributed by atoms with Gasteiger partial charge in [0.1, 0.15) is 5.75 Å². The number of methoxy groups -OCH3 is 1. The van der Waals surface area contributed by atoms with Gasteiger partial charge in [0.15, 0.2) is 5.78 Å². The van der Waals surface area contributed by atoms with Gasteiger partial charge >= 0.3 is 0 Å². The van der Waals surface area contributed by atoms with E-state index >= 15 is 0 Å². The summed E-state index contributed by atoms with van der Waals surface area (Å²) in [5.41, 5.74) is 7.19. The van der Waals surface area contributed by atoms with Gasteiger partial charge in [-0.15, -0.1) is 0 Å². The zero-order chi connectivity index (χ0) is 15.6. The molecule has 0 aliphatic rings. The van der Waals surface area contributed by atoms with E-state index in [0.717, 1.165) is 10.0 Å². The number of halogens is 3. The summed E-state index contributed by atoms with van der Waals surface area (Å²) >= 11 is 15.3.